The number of carboxylic acid groups (broad SMARTS) is 1. The molecule has 0 aliphatic carbocycles. The largest absolute Gasteiger partial charge is 0.481 e. The van der Waals surface area contributed by atoms with Crippen LogP contribution in [0.3, 0.4) is 0 Å². The minimum Gasteiger partial charge on any atom is -0.481 e. The summed E-state index contributed by atoms with van der Waals surface area (Å²) >= 11 is 0. The standard InChI is InChI=1S/C13H23NO4/c1-4-9(2)18-8-12(15)14-7-5-6-11(10(14)3)13(16)17/h9-11H,4-8H2,1-3H3,(H,16,17)/t9?,10-,11-/m0/s1. The zero-order valence-electron chi connectivity index (χ0n) is 11.4. The first-order valence-corrected chi connectivity index (χ1v) is 6.61. The van der Waals surface area contributed by atoms with E-state index in [1.807, 2.05) is 13.8 Å². The van der Waals surface area contributed by atoms with Gasteiger partial charge in [-0.1, -0.05) is 6.92 Å². The zero-order valence-corrected chi connectivity index (χ0v) is 11.4. The van der Waals surface area contributed by atoms with Crippen molar-refractivity contribution < 1.29 is 19.4 Å². The number of aliphatic carboxylic acids is 1. The maximum absolute atomic E-state index is 12.0. The molecule has 1 rings (SSSR count). The summed E-state index contributed by atoms with van der Waals surface area (Å²) in [4.78, 5) is 24.7. The fourth-order valence-electron chi connectivity index (χ4n) is 2.24. The van der Waals surface area contributed by atoms with Gasteiger partial charge < -0.3 is 14.7 Å². The van der Waals surface area contributed by atoms with Crippen molar-refractivity contribution in [1.82, 2.24) is 4.90 Å². The third kappa shape index (κ3) is 3.70. The van der Waals surface area contributed by atoms with Gasteiger partial charge in [-0.3, -0.25) is 9.59 Å². The van der Waals surface area contributed by atoms with E-state index in [1.165, 1.54) is 0 Å². The van der Waals surface area contributed by atoms with Crippen LogP contribution in [0.5, 0.6) is 0 Å². The first kappa shape index (κ1) is 15.0. The molecule has 0 saturated carbocycles. The summed E-state index contributed by atoms with van der Waals surface area (Å²) in [6, 6.07) is -0.246. The second-order valence-corrected chi connectivity index (χ2v) is 4.94. The lowest BCUT2D eigenvalue weighted by atomic mass is 9.90. The van der Waals surface area contributed by atoms with Crippen LogP contribution in [-0.2, 0) is 14.3 Å². The molecule has 1 aliphatic rings. The highest BCUT2D eigenvalue weighted by molar-refractivity contribution is 5.79. The van der Waals surface area contributed by atoms with Gasteiger partial charge in [0, 0.05) is 12.6 Å². The lowest BCUT2D eigenvalue weighted by Crippen LogP contribution is -2.50. The zero-order chi connectivity index (χ0) is 13.7. The smallest absolute Gasteiger partial charge is 0.308 e. The number of hydrogen-bond donors (Lipinski definition) is 1. The number of hydrogen-bond acceptors (Lipinski definition) is 3. The number of amides is 1. The van der Waals surface area contributed by atoms with Gasteiger partial charge in [0.2, 0.25) is 5.91 Å². The van der Waals surface area contributed by atoms with Gasteiger partial charge in [0.15, 0.2) is 0 Å². The first-order valence-electron chi connectivity index (χ1n) is 6.61. The number of carbonyl (C=O) groups is 2. The van der Waals surface area contributed by atoms with E-state index < -0.39 is 11.9 Å². The molecule has 1 unspecified atom stereocenters. The van der Waals surface area contributed by atoms with Crippen molar-refractivity contribution in [3.05, 3.63) is 0 Å². The second kappa shape index (κ2) is 6.73. The molecule has 0 aromatic rings. The molecular weight excluding hydrogens is 234 g/mol. The molecule has 0 bridgehead atoms. The average molecular weight is 257 g/mol. The third-order valence-corrected chi connectivity index (χ3v) is 3.69. The SMILES string of the molecule is CCC(C)OCC(=O)N1CCC[C@H](C(=O)O)[C@@H]1C. The van der Waals surface area contributed by atoms with Crippen LogP contribution in [0.4, 0.5) is 0 Å². The number of likely N-dealkylation sites (tertiary alicyclic amines) is 1. The Labute approximate surface area is 108 Å². The Morgan fingerprint density at radius 1 is 1.50 bits per heavy atom. The Balaban J connectivity index is 2.54. The summed E-state index contributed by atoms with van der Waals surface area (Å²) in [5.41, 5.74) is 0. The van der Waals surface area contributed by atoms with Gasteiger partial charge in [0.25, 0.3) is 0 Å². The molecule has 5 heteroatoms. The van der Waals surface area contributed by atoms with E-state index in [1.54, 1.807) is 11.8 Å². The van der Waals surface area contributed by atoms with E-state index in [2.05, 4.69) is 0 Å². The van der Waals surface area contributed by atoms with E-state index in [0.717, 1.165) is 12.8 Å². The number of carbonyl (C=O) groups excluding carboxylic acids is 1. The van der Waals surface area contributed by atoms with E-state index in [9.17, 15) is 9.59 Å². The van der Waals surface area contributed by atoms with Crippen molar-refractivity contribution >= 4 is 11.9 Å². The second-order valence-electron chi connectivity index (χ2n) is 4.94. The van der Waals surface area contributed by atoms with Crippen LogP contribution in [-0.4, -0.2) is 47.2 Å². The van der Waals surface area contributed by atoms with Crippen molar-refractivity contribution in [2.45, 2.75) is 52.2 Å². The van der Waals surface area contributed by atoms with Crippen molar-refractivity contribution in [2.75, 3.05) is 13.2 Å². The Hall–Kier alpha value is -1.10. The molecule has 0 aromatic carbocycles. The average Bonchev–Trinajstić information content (AvgIpc) is 2.35. The molecule has 0 aromatic heterocycles. The summed E-state index contributed by atoms with van der Waals surface area (Å²) in [5.74, 6) is -1.37. The van der Waals surface area contributed by atoms with E-state index in [4.69, 9.17) is 9.84 Å². The molecule has 1 fully saturated rings. The number of ether oxygens (including phenoxy) is 1. The molecule has 1 N–H and O–H groups in total. The number of nitrogens with zero attached hydrogens (tertiary/aromatic N) is 1. The molecular formula is C13H23NO4. The highest BCUT2D eigenvalue weighted by Crippen LogP contribution is 2.23. The number of carboxylic acids is 1. The lowest BCUT2D eigenvalue weighted by molar-refractivity contribution is -0.151. The van der Waals surface area contributed by atoms with Gasteiger partial charge in [-0.25, -0.2) is 0 Å². The highest BCUT2D eigenvalue weighted by Gasteiger charge is 2.35. The van der Waals surface area contributed by atoms with E-state index >= 15 is 0 Å². The van der Waals surface area contributed by atoms with E-state index in [-0.39, 0.29) is 24.7 Å². The number of piperidine rings is 1. The van der Waals surface area contributed by atoms with Crippen LogP contribution in [0.2, 0.25) is 0 Å². The Morgan fingerprint density at radius 2 is 2.17 bits per heavy atom. The maximum Gasteiger partial charge on any atom is 0.308 e. The Bertz CT molecular complexity index is 305. The maximum atomic E-state index is 12.0. The normalized spacial score (nSPS) is 25.8. The van der Waals surface area contributed by atoms with Crippen molar-refractivity contribution in [1.29, 1.82) is 0 Å². The quantitative estimate of drug-likeness (QED) is 0.810. The minimum atomic E-state index is -0.817. The third-order valence-electron chi connectivity index (χ3n) is 3.69. The van der Waals surface area contributed by atoms with Gasteiger partial charge in [-0.2, -0.15) is 0 Å². The van der Waals surface area contributed by atoms with Gasteiger partial charge in [-0.05, 0) is 33.1 Å². The summed E-state index contributed by atoms with van der Waals surface area (Å²) < 4.78 is 5.41. The highest BCUT2D eigenvalue weighted by atomic mass is 16.5. The van der Waals surface area contributed by atoms with Crippen LogP contribution in [0.15, 0.2) is 0 Å². The van der Waals surface area contributed by atoms with Crippen molar-refractivity contribution in [3.8, 4) is 0 Å². The van der Waals surface area contributed by atoms with Gasteiger partial charge in [0.1, 0.15) is 6.61 Å². The van der Waals surface area contributed by atoms with E-state index in [0.29, 0.717) is 13.0 Å². The van der Waals surface area contributed by atoms with Gasteiger partial charge in [-0.15, -0.1) is 0 Å². The van der Waals surface area contributed by atoms with Crippen molar-refractivity contribution in [2.24, 2.45) is 5.92 Å². The number of rotatable bonds is 5. The molecule has 0 radical (unpaired) electrons. The minimum absolute atomic E-state index is 0.0473. The lowest BCUT2D eigenvalue weighted by Gasteiger charge is -2.37. The van der Waals surface area contributed by atoms with Crippen LogP contribution in [0.1, 0.15) is 40.0 Å². The Kier molecular flexibility index (Phi) is 5.59. The van der Waals surface area contributed by atoms with Gasteiger partial charge >= 0.3 is 5.97 Å². The summed E-state index contributed by atoms with van der Waals surface area (Å²) in [6.45, 7) is 6.41. The predicted molar refractivity (Wildman–Crippen MR) is 67.2 cm³/mol. The first-order chi connectivity index (χ1) is 8.47. The molecule has 5 nitrogen and oxygen atoms in total. The monoisotopic (exact) mass is 257 g/mol. The summed E-state index contributed by atoms with van der Waals surface area (Å²) in [7, 11) is 0. The summed E-state index contributed by atoms with van der Waals surface area (Å²) in [6.07, 6.45) is 2.31. The topological polar surface area (TPSA) is 66.8 Å². The molecule has 3 atom stereocenters. The molecule has 1 amide bonds. The molecule has 1 heterocycles. The molecule has 1 aliphatic heterocycles. The molecule has 18 heavy (non-hydrogen) atoms. The molecule has 1 saturated heterocycles. The van der Waals surface area contributed by atoms with Crippen LogP contribution >= 0.6 is 0 Å². The fraction of sp³-hybridized carbons (Fsp3) is 0.846. The fourth-order valence-corrected chi connectivity index (χ4v) is 2.24. The predicted octanol–water partition coefficient (Wildman–Crippen LogP) is 1.51. The molecule has 0 spiro atoms. The summed E-state index contributed by atoms with van der Waals surface area (Å²) in [5, 5.41) is 9.10. The van der Waals surface area contributed by atoms with Gasteiger partial charge in [0.05, 0.1) is 12.0 Å². The van der Waals surface area contributed by atoms with Crippen LogP contribution in [0, 0.1) is 5.92 Å². The Morgan fingerprint density at radius 3 is 2.72 bits per heavy atom. The van der Waals surface area contributed by atoms with Crippen LogP contribution in [0.25, 0.3) is 0 Å². The van der Waals surface area contributed by atoms with Crippen LogP contribution < -0.4 is 0 Å². The van der Waals surface area contributed by atoms with Crippen molar-refractivity contribution in [3.63, 3.8) is 0 Å². The molecule has 104 valence electrons.